The molecule has 1 fully saturated rings. The van der Waals surface area contributed by atoms with E-state index in [0.29, 0.717) is 5.92 Å². The van der Waals surface area contributed by atoms with Gasteiger partial charge >= 0.3 is 0 Å². The third-order valence-corrected chi connectivity index (χ3v) is 5.59. The smallest absolute Gasteiger partial charge is 0.224 e. The zero-order valence-electron chi connectivity index (χ0n) is 15.8. The van der Waals surface area contributed by atoms with Crippen molar-refractivity contribution in [2.75, 3.05) is 0 Å². The van der Waals surface area contributed by atoms with Crippen molar-refractivity contribution < 1.29 is 4.79 Å². The molecule has 1 amide bonds. The second-order valence-electron chi connectivity index (χ2n) is 8.53. The molecule has 5 heteroatoms. The Bertz CT molecular complexity index is 667. The Labute approximate surface area is 144 Å². The van der Waals surface area contributed by atoms with E-state index in [1.54, 1.807) is 0 Å². The van der Waals surface area contributed by atoms with Crippen LogP contribution in [0.25, 0.3) is 0 Å². The summed E-state index contributed by atoms with van der Waals surface area (Å²) in [5, 5.41) is 12.0. The quantitative estimate of drug-likeness (QED) is 0.843. The normalized spacial score (nSPS) is 25.3. The molecule has 0 aromatic carbocycles. The van der Waals surface area contributed by atoms with Gasteiger partial charge in [-0.1, -0.05) is 39.3 Å². The van der Waals surface area contributed by atoms with E-state index >= 15 is 0 Å². The van der Waals surface area contributed by atoms with Crippen molar-refractivity contribution >= 4 is 5.91 Å². The van der Waals surface area contributed by atoms with E-state index in [4.69, 9.17) is 0 Å². The summed E-state index contributed by atoms with van der Waals surface area (Å²) in [5.74, 6) is 2.79. The van der Waals surface area contributed by atoms with Crippen LogP contribution in [0.3, 0.4) is 0 Å². The van der Waals surface area contributed by atoms with Crippen molar-refractivity contribution in [3.05, 3.63) is 23.3 Å². The molecule has 1 saturated carbocycles. The molecule has 24 heavy (non-hydrogen) atoms. The maximum atomic E-state index is 12.9. The van der Waals surface area contributed by atoms with Crippen LogP contribution in [0, 0.1) is 23.2 Å². The Morgan fingerprint density at radius 1 is 1.33 bits per heavy atom. The largest absolute Gasteiger partial charge is 0.346 e. The number of aryl methyl sites for hydroxylation is 1. The molecule has 1 N–H and O–H groups in total. The summed E-state index contributed by atoms with van der Waals surface area (Å²) in [6.07, 6.45) is 4.35. The number of amides is 1. The van der Waals surface area contributed by atoms with E-state index in [9.17, 15) is 4.79 Å². The van der Waals surface area contributed by atoms with Gasteiger partial charge in [-0.15, -0.1) is 10.2 Å². The summed E-state index contributed by atoms with van der Waals surface area (Å²) in [4.78, 5) is 12.9. The summed E-state index contributed by atoms with van der Waals surface area (Å²) in [7, 11) is 0. The number of allylic oxidation sites excluding steroid dienone is 2. The van der Waals surface area contributed by atoms with E-state index in [1.807, 2.05) is 0 Å². The zero-order chi connectivity index (χ0) is 17.6. The first-order chi connectivity index (χ1) is 11.2. The predicted molar refractivity (Wildman–Crippen MR) is 94.3 cm³/mol. The molecule has 3 atom stereocenters. The van der Waals surface area contributed by atoms with Crippen LogP contribution in [-0.2, 0) is 17.8 Å². The fourth-order valence-electron chi connectivity index (χ4n) is 4.02. The molecule has 1 aliphatic carbocycles. The lowest BCUT2D eigenvalue weighted by molar-refractivity contribution is -0.124. The molecule has 3 unspecified atom stereocenters. The fourth-order valence-corrected chi connectivity index (χ4v) is 4.02. The predicted octanol–water partition coefficient (Wildman–Crippen LogP) is 3.28. The first kappa shape index (κ1) is 17.2. The minimum Gasteiger partial charge on any atom is -0.346 e. The highest BCUT2D eigenvalue weighted by molar-refractivity contribution is 5.84. The molecular formula is C19H30N4O. The van der Waals surface area contributed by atoms with Crippen molar-refractivity contribution in [3.63, 3.8) is 0 Å². The monoisotopic (exact) mass is 330 g/mol. The number of hydrogen-bond acceptors (Lipinski definition) is 3. The van der Waals surface area contributed by atoms with Crippen molar-refractivity contribution in [3.8, 4) is 0 Å². The van der Waals surface area contributed by atoms with Gasteiger partial charge in [0.15, 0.2) is 5.82 Å². The number of nitrogens with zero attached hydrogens (tertiary/aromatic N) is 3. The number of hydrogen-bond donors (Lipinski definition) is 1. The minimum atomic E-state index is -0.0689. The highest BCUT2D eigenvalue weighted by Gasteiger charge is 2.60. The molecule has 132 valence electrons. The standard InChI is InChI=1S/C19H30N4O/c1-11(2)10-13-15(19(13,5)6)18(24)20-16(12(3)4)17-22-21-14-8-7-9-23(14)17/h10,12-13,15-16H,7-9H2,1-6H3,(H,20,24). The second-order valence-corrected chi connectivity index (χ2v) is 8.53. The van der Waals surface area contributed by atoms with Crippen molar-refractivity contribution in [1.82, 2.24) is 20.1 Å². The van der Waals surface area contributed by atoms with Gasteiger partial charge in [0, 0.05) is 13.0 Å². The number of rotatable bonds is 5. The topological polar surface area (TPSA) is 59.8 Å². The maximum absolute atomic E-state index is 12.9. The Morgan fingerprint density at radius 3 is 2.67 bits per heavy atom. The SMILES string of the molecule is CC(C)=CC1C(C(=O)NC(c2nnc3n2CCC3)C(C)C)C1(C)C. The third-order valence-electron chi connectivity index (χ3n) is 5.59. The molecule has 1 aliphatic heterocycles. The molecule has 2 aliphatic rings. The van der Waals surface area contributed by atoms with Crippen LogP contribution in [0.4, 0.5) is 0 Å². The molecule has 1 aromatic rings. The van der Waals surface area contributed by atoms with E-state index in [1.165, 1.54) is 5.57 Å². The third kappa shape index (κ3) is 2.89. The molecule has 2 heterocycles. The van der Waals surface area contributed by atoms with Gasteiger partial charge in [-0.25, -0.2) is 0 Å². The van der Waals surface area contributed by atoms with Crippen LogP contribution in [0.1, 0.15) is 65.7 Å². The Kier molecular flexibility index (Phi) is 4.30. The summed E-state index contributed by atoms with van der Waals surface area (Å²) in [6, 6.07) is -0.0689. The Balaban J connectivity index is 1.77. The van der Waals surface area contributed by atoms with Gasteiger partial charge in [0.2, 0.25) is 5.91 Å². The number of aromatic nitrogens is 3. The van der Waals surface area contributed by atoms with Crippen molar-refractivity contribution in [2.24, 2.45) is 23.2 Å². The molecule has 3 rings (SSSR count). The summed E-state index contributed by atoms with van der Waals surface area (Å²) >= 11 is 0. The van der Waals surface area contributed by atoms with Gasteiger partial charge in [0.1, 0.15) is 5.82 Å². The van der Waals surface area contributed by atoms with Gasteiger partial charge < -0.3 is 9.88 Å². The van der Waals surface area contributed by atoms with Gasteiger partial charge in [-0.3, -0.25) is 4.79 Å². The number of fused-ring (bicyclic) bond motifs is 1. The maximum Gasteiger partial charge on any atom is 0.224 e. The average Bonchev–Trinajstić information content (AvgIpc) is 2.87. The van der Waals surface area contributed by atoms with Gasteiger partial charge in [-0.05, 0) is 37.5 Å². The molecule has 5 nitrogen and oxygen atoms in total. The van der Waals surface area contributed by atoms with E-state index in [2.05, 4.69) is 67.7 Å². The van der Waals surface area contributed by atoms with E-state index in [-0.39, 0.29) is 29.2 Å². The van der Waals surface area contributed by atoms with Gasteiger partial charge in [0.05, 0.1) is 12.0 Å². The Morgan fingerprint density at radius 2 is 2.04 bits per heavy atom. The van der Waals surface area contributed by atoms with Crippen LogP contribution in [-0.4, -0.2) is 20.7 Å². The minimum absolute atomic E-state index is 0.0374. The van der Waals surface area contributed by atoms with Crippen LogP contribution < -0.4 is 5.32 Å². The summed E-state index contributed by atoms with van der Waals surface area (Å²) < 4.78 is 2.19. The van der Waals surface area contributed by atoms with Crippen LogP contribution in [0.2, 0.25) is 0 Å². The highest BCUT2D eigenvalue weighted by atomic mass is 16.2. The van der Waals surface area contributed by atoms with Crippen molar-refractivity contribution in [1.29, 1.82) is 0 Å². The van der Waals surface area contributed by atoms with Crippen LogP contribution in [0.5, 0.6) is 0 Å². The first-order valence-corrected chi connectivity index (χ1v) is 9.11. The highest BCUT2D eigenvalue weighted by Crippen LogP contribution is 2.59. The number of carbonyl (C=O) groups excluding carboxylic acids is 1. The van der Waals surface area contributed by atoms with Crippen LogP contribution in [0.15, 0.2) is 11.6 Å². The molecule has 0 bridgehead atoms. The lowest BCUT2D eigenvalue weighted by atomic mass is 10.0. The average molecular weight is 330 g/mol. The molecule has 0 radical (unpaired) electrons. The fraction of sp³-hybridized carbons (Fsp3) is 0.737. The molecule has 0 spiro atoms. The lowest BCUT2D eigenvalue weighted by Gasteiger charge is -2.22. The first-order valence-electron chi connectivity index (χ1n) is 9.11. The zero-order valence-corrected chi connectivity index (χ0v) is 15.8. The van der Waals surface area contributed by atoms with E-state index in [0.717, 1.165) is 31.0 Å². The lowest BCUT2D eigenvalue weighted by Crippen LogP contribution is -2.35. The van der Waals surface area contributed by atoms with Gasteiger partial charge in [0.25, 0.3) is 0 Å². The number of carbonyl (C=O) groups is 1. The van der Waals surface area contributed by atoms with Gasteiger partial charge in [-0.2, -0.15) is 0 Å². The van der Waals surface area contributed by atoms with E-state index < -0.39 is 0 Å². The molecule has 0 saturated heterocycles. The Hall–Kier alpha value is -1.65. The second kappa shape index (κ2) is 6.01. The number of nitrogens with one attached hydrogen (secondary N) is 1. The molecular weight excluding hydrogens is 300 g/mol. The molecule has 1 aromatic heterocycles. The summed E-state index contributed by atoms with van der Waals surface area (Å²) in [6.45, 7) is 13.8. The summed E-state index contributed by atoms with van der Waals surface area (Å²) in [5.41, 5.74) is 1.31. The van der Waals surface area contributed by atoms with Crippen LogP contribution >= 0.6 is 0 Å². The van der Waals surface area contributed by atoms with Crippen molar-refractivity contribution in [2.45, 2.75) is 67.0 Å².